The van der Waals surface area contributed by atoms with Gasteiger partial charge in [0, 0.05) is 16.0 Å². The second-order valence-electron chi connectivity index (χ2n) is 5.91. The lowest BCUT2D eigenvalue weighted by atomic mass is 9.99. The van der Waals surface area contributed by atoms with E-state index in [1.165, 1.54) is 4.90 Å². The molecule has 0 saturated carbocycles. The van der Waals surface area contributed by atoms with Crippen LogP contribution >= 0.6 is 23.5 Å². The van der Waals surface area contributed by atoms with Gasteiger partial charge in [-0.25, -0.2) is 13.4 Å². The molecule has 3 aromatic rings. The van der Waals surface area contributed by atoms with Crippen LogP contribution in [0.25, 0.3) is 22.4 Å². The van der Waals surface area contributed by atoms with E-state index >= 15 is 0 Å². The van der Waals surface area contributed by atoms with E-state index in [-0.39, 0.29) is 5.75 Å². The van der Waals surface area contributed by atoms with Gasteiger partial charge in [-0.2, -0.15) is 0 Å². The third-order valence-corrected chi connectivity index (χ3v) is 7.49. The van der Waals surface area contributed by atoms with Crippen molar-refractivity contribution in [1.82, 2.24) is 4.98 Å². The molecule has 2 aromatic carbocycles. The van der Waals surface area contributed by atoms with Crippen LogP contribution in [0, 0.1) is 0 Å². The van der Waals surface area contributed by atoms with Crippen molar-refractivity contribution in [1.29, 1.82) is 0 Å². The summed E-state index contributed by atoms with van der Waals surface area (Å²) < 4.78 is 24.1. The van der Waals surface area contributed by atoms with E-state index in [4.69, 9.17) is 4.98 Å². The Hall–Kier alpha value is -1.76. The first-order valence-corrected chi connectivity index (χ1v) is 12.6. The summed E-state index contributed by atoms with van der Waals surface area (Å²) in [6.45, 7) is 1.66. The van der Waals surface area contributed by atoms with Gasteiger partial charge >= 0.3 is 0 Å². The van der Waals surface area contributed by atoms with Crippen molar-refractivity contribution in [2.24, 2.45) is 0 Å². The smallest absolute Gasteiger partial charge is 0.178 e. The Balaban J connectivity index is 2.09. The van der Waals surface area contributed by atoms with Crippen molar-refractivity contribution >= 4 is 33.4 Å². The molecule has 0 N–H and O–H groups in total. The molecule has 0 aliphatic heterocycles. The number of benzene rings is 2. The molecular formula is C21H21NO2S3. The lowest BCUT2D eigenvalue weighted by Gasteiger charge is -2.12. The summed E-state index contributed by atoms with van der Waals surface area (Å²) in [5.41, 5.74) is 3.89. The fourth-order valence-electron chi connectivity index (χ4n) is 2.77. The van der Waals surface area contributed by atoms with Crippen LogP contribution in [0.1, 0.15) is 6.92 Å². The standard InChI is InChI=1S/C21H21NO2S3/c1-4-27(23,24)18-11-7-15(8-12-18)19-13-14-20(26-3)22-21(19)16-5-9-17(25-2)10-6-16/h5-14H,4H2,1-3H3. The predicted molar refractivity (Wildman–Crippen MR) is 116 cm³/mol. The van der Waals surface area contributed by atoms with Crippen LogP contribution in [0.5, 0.6) is 0 Å². The van der Waals surface area contributed by atoms with Crippen molar-refractivity contribution < 1.29 is 8.42 Å². The number of pyridine rings is 1. The number of hydrogen-bond acceptors (Lipinski definition) is 5. The third kappa shape index (κ3) is 4.39. The lowest BCUT2D eigenvalue weighted by molar-refractivity contribution is 0.597. The highest BCUT2D eigenvalue weighted by Gasteiger charge is 2.14. The molecule has 3 rings (SSSR count). The first-order chi connectivity index (χ1) is 13.0. The van der Waals surface area contributed by atoms with Crippen LogP contribution in [0.3, 0.4) is 0 Å². The van der Waals surface area contributed by atoms with E-state index in [0.717, 1.165) is 27.4 Å². The molecule has 0 aliphatic rings. The van der Waals surface area contributed by atoms with Crippen molar-refractivity contribution in [2.75, 3.05) is 18.3 Å². The topological polar surface area (TPSA) is 47.0 Å². The molecule has 0 atom stereocenters. The summed E-state index contributed by atoms with van der Waals surface area (Å²) in [5, 5.41) is 0.952. The molecule has 140 valence electrons. The van der Waals surface area contributed by atoms with Crippen LogP contribution in [0.2, 0.25) is 0 Å². The lowest BCUT2D eigenvalue weighted by Crippen LogP contribution is -2.03. The maximum Gasteiger partial charge on any atom is 0.178 e. The van der Waals surface area contributed by atoms with Crippen molar-refractivity contribution in [3.05, 3.63) is 60.7 Å². The van der Waals surface area contributed by atoms with Gasteiger partial charge in [0.15, 0.2) is 9.84 Å². The summed E-state index contributed by atoms with van der Waals surface area (Å²) in [5.74, 6) is 0.101. The second kappa shape index (κ2) is 8.50. The molecule has 0 bridgehead atoms. The molecule has 1 heterocycles. The summed E-state index contributed by atoms with van der Waals surface area (Å²) in [6.07, 6.45) is 4.06. The van der Waals surface area contributed by atoms with Crippen molar-refractivity contribution in [3.8, 4) is 22.4 Å². The third-order valence-electron chi connectivity index (χ3n) is 4.35. The number of thioether (sulfide) groups is 2. The van der Waals surface area contributed by atoms with Gasteiger partial charge in [0.05, 0.1) is 21.4 Å². The summed E-state index contributed by atoms with van der Waals surface area (Å²) in [4.78, 5) is 6.38. The highest BCUT2D eigenvalue weighted by molar-refractivity contribution is 7.98. The van der Waals surface area contributed by atoms with Gasteiger partial charge in [-0.1, -0.05) is 31.2 Å². The zero-order chi connectivity index (χ0) is 19.4. The highest BCUT2D eigenvalue weighted by Crippen LogP contribution is 2.33. The quantitative estimate of drug-likeness (QED) is 0.487. The van der Waals surface area contributed by atoms with Gasteiger partial charge < -0.3 is 0 Å². The van der Waals surface area contributed by atoms with Crippen LogP contribution in [0.15, 0.2) is 75.5 Å². The van der Waals surface area contributed by atoms with E-state index in [9.17, 15) is 8.42 Å². The Bertz CT molecular complexity index is 1030. The first kappa shape index (κ1) is 20.0. The molecule has 6 heteroatoms. The zero-order valence-corrected chi connectivity index (χ0v) is 17.9. The molecule has 0 spiro atoms. The molecule has 0 unspecified atom stereocenters. The number of nitrogens with zero attached hydrogens (tertiary/aromatic N) is 1. The molecule has 0 radical (unpaired) electrons. The molecule has 3 nitrogen and oxygen atoms in total. The van der Waals surface area contributed by atoms with Crippen molar-refractivity contribution in [3.63, 3.8) is 0 Å². The average Bonchev–Trinajstić information content (AvgIpc) is 2.73. The largest absolute Gasteiger partial charge is 0.241 e. The molecule has 1 aromatic heterocycles. The Labute approximate surface area is 169 Å². The minimum Gasteiger partial charge on any atom is -0.241 e. The van der Waals surface area contributed by atoms with Crippen LogP contribution in [-0.2, 0) is 9.84 Å². The minimum absolute atomic E-state index is 0.101. The zero-order valence-electron chi connectivity index (χ0n) is 15.5. The van der Waals surface area contributed by atoms with Crippen LogP contribution in [0.4, 0.5) is 0 Å². The number of aromatic nitrogens is 1. The molecule has 0 aliphatic carbocycles. The minimum atomic E-state index is -3.20. The van der Waals surface area contributed by atoms with Crippen molar-refractivity contribution in [2.45, 2.75) is 21.7 Å². The Morgan fingerprint density at radius 3 is 2.00 bits per heavy atom. The average molecular weight is 416 g/mol. The SMILES string of the molecule is CCS(=O)(=O)c1ccc(-c2ccc(SC)nc2-c2ccc(SC)cc2)cc1. The number of sulfone groups is 1. The maximum atomic E-state index is 12.1. The summed E-state index contributed by atoms with van der Waals surface area (Å²) >= 11 is 3.31. The molecule has 27 heavy (non-hydrogen) atoms. The van der Waals surface area contributed by atoms with Gasteiger partial charge in [0.2, 0.25) is 0 Å². The molecule has 0 saturated heterocycles. The van der Waals surface area contributed by atoms with E-state index < -0.39 is 9.84 Å². The maximum absolute atomic E-state index is 12.1. The Morgan fingerprint density at radius 2 is 1.44 bits per heavy atom. The van der Waals surface area contributed by atoms with Gasteiger partial charge in [-0.05, 0) is 54.5 Å². The van der Waals surface area contributed by atoms with Gasteiger partial charge in [0.25, 0.3) is 0 Å². The van der Waals surface area contributed by atoms with Gasteiger partial charge in [-0.3, -0.25) is 0 Å². The Morgan fingerprint density at radius 1 is 0.815 bits per heavy atom. The highest BCUT2D eigenvalue weighted by atomic mass is 32.2. The van der Waals surface area contributed by atoms with E-state index in [2.05, 4.69) is 36.6 Å². The van der Waals surface area contributed by atoms with E-state index in [0.29, 0.717) is 4.90 Å². The number of hydrogen-bond donors (Lipinski definition) is 0. The normalized spacial score (nSPS) is 11.5. The summed E-state index contributed by atoms with van der Waals surface area (Å²) in [7, 11) is -3.20. The second-order valence-corrected chi connectivity index (χ2v) is 9.89. The summed E-state index contributed by atoms with van der Waals surface area (Å²) in [6, 6.07) is 19.5. The van der Waals surface area contributed by atoms with Gasteiger partial charge in [-0.15, -0.1) is 23.5 Å². The number of rotatable bonds is 6. The van der Waals surface area contributed by atoms with Crippen LogP contribution in [-0.4, -0.2) is 31.7 Å². The molecular weight excluding hydrogens is 394 g/mol. The van der Waals surface area contributed by atoms with Crippen LogP contribution < -0.4 is 0 Å². The van der Waals surface area contributed by atoms with E-state index in [1.54, 1.807) is 42.6 Å². The monoisotopic (exact) mass is 415 g/mol. The predicted octanol–water partition coefficient (Wildman–Crippen LogP) is 5.65. The first-order valence-electron chi connectivity index (χ1n) is 8.51. The Kier molecular flexibility index (Phi) is 6.29. The van der Waals surface area contributed by atoms with E-state index in [1.807, 2.05) is 24.5 Å². The molecule has 0 fully saturated rings. The fourth-order valence-corrected chi connectivity index (χ4v) is 4.44. The molecule has 0 amide bonds. The van der Waals surface area contributed by atoms with Gasteiger partial charge in [0.1, 0.15) is 0 Å². The fraction of sp³-hybridized carbons (Fsp3) is 0.190.